The molecule has 0 amide bonds. The van der Waals surface area contributed by atoms with Gasteiger partial charge in [0.05, 0.1) is 12.5 Å². The van der Waals surface area contributed by atoms with Gasteiger partial charge in [-0.1, -0.05) is 13.8 Å². The van der Waals surface area contributed by atoms with Crippen LogP contribution in [0.1, 0.15) is 33.6 Å². The molecule has 0 unspecified atom stereocenters. The monoisotopic (exact) mass is 198 g/mol. The van der Waals surface area contributed by atoms with Gasteiger partial charge in [0, 0.05) is 12.8 Å². The van der Waals surface area contributed by atoms with Crippen molar-refractivity contribution in [2.24, 2.45) is 17.8 Å². The van der Waals surface area contributed by atoms with E-state index in [9.17, 15) is 9.59 Å². The lowest BCUT2D eigenvalue weighted by atomic mass is 9.73. The molecule has 0 aliphatic heterocycles. The predicted octanol–water partition coefficient (Wildman–Crippen LogP) is 1.80. The lowest BCUT2D eigenvalue weighted by Gasteiger charge is -2.31. The highest BCUT2D eigenvalue weighted by molar-refractivity contribution is 5.83. The third-order valence-electron chi connectivity index (χ3n) is 2.88. The van der Waals surface area contributed by atoms with E-state index in [4.69, 9.17) is 4.74 Å². The molecule has 1 rings (SSSR count). The maximum Gasteiger partial charge on any atom is 0.309 e. The number of rotatable bonds is 2. The molecule has 1 aliphatic carbocycles. The Hall–Kier alpha value is -0.860. The molecular formula is C11H18O3. The first-order chi connectivity index (χ1) is 6.56. The molecule has 2 atom stereocenters. The molecule has 0 N–H and O–H groups in total. The molecule has 0 aromatic heterocycles. The molecule has 0 saturated heterocycles. The second kappa shape index (κ2) is 4.58. The summed E-state index contributed by atoms with van der Waals surface area (Å²) in [4.78, 5) is 22.8. The average molecular weight is 198 g/mol. The van der Waals surface area contributed by atoms with Crippen LogP contribution in [0.25, 0.3) is 0 Å². The van der Waals surface area contributed by atoms with Crippen molar-refractivity contribution >= 4 is 11.8 Å². The van der Waals surface area contributed by atoms with Gasteiger partial charge in [0.15, 0.2) is 0 Å². The fourth-order valence-electron chi connectivity index (χ4n) is 2.32. The fourth-order valence-corrected chi connectivity index (χ4v) is 2.32. The van der Waals surface area contributed by atoms with Crippen molar-refractivity contribution in [1.82, 2.24) is 0 Å². The normalized spacial score (nSPS) is 28.9. The molecule has 80 valence electrons. The van der Waals surface area contributed by atoms with Crippen LogP contribution in [0.2, 0.25) is 0 Å². The van der Waals surface area contributed by atoms with Gasteiger partial charge in [0.2, 0.25) is 0 Å². The van der Waals surface area contributed by atoms with Crippen LogP contribution in [0.4, 0.5) is 0 Å². The maximum atomic E-state index is 11.6. The SMILES string of the molecule is CCOC(=O)C1[C@@H](C)CC(=O)C[C@@H]1C. The zero-order valence-electron chi connectivity index (χ0n) is 9.08. The quantitative estimate of drug-likeness (QED) is 0.635. The Bertz CT molecular complexity index is 221. The van der Waals surface area contributed by atoms with E-state index in [1.807, 2.05) is 13.8 Å². The summed E-state index contributed by atoms with van der Waals surface area (Å²) in [5, 5.41) is 0. The highest BCUT2D eigenvalue weighted by atomic mass is 16.5. The van der Waals surface area contributed by atoms with Gasteiger partial charge in [-0.25, -0.2) is 0 Å². The fraction of sp³-hybridized carbons (Fsp3) is 0.818. The lowest BCUT2D eigenvalue weighted by Crippen LogP contribution is -2.36. The zero-order valence-corrected chi connectivity index (χ0v) is 9.08. The van der Waals surface area contributed by atoms with Gasteiger partial charge < -0.3 is 4.74 Å². The standard InChI is InChI=1S/C11H18O3/c1-4-14-11(13)10-7(2)5-9(12)6-8(10)3/h7-8,10H,4-6H2,1-3H3/t7-,8-/m0/s1. The van der Waals surface area contributed by atoms with Crippen molar-refractivity contribution in [3.05, 3.63) is 0 Å². The molecule has 1 aliphatic rings. The smallest absolute Gasteiger partial charge is 0.309 e. The van der Waals surface area contributed by atoms with Crippen LogP contribution < -0.4 is 0 Å². The number of hydrogen-bond acceptors (Lipinski definition) is 3. The summed E-state index contributed by atoms with van der Waals surface area (Å²) >= 11 is 0. The molecule has 0 radical (unpaired) electrons. The van der Waals surface area contributed by atoms with Crippen LogP contribution in [0.15, 0.2) is 0 Å². The van der Waals surface area contributed by atoms with E-state index in [0.717, 1.165) is 0 Å². The molecule has 0 aromatic carbocycles. The van der Waals surface area contributed by atoms with E-state index >= 15 is 0 Å². The Morgan fingerprint density at radius 3 is 2.29 bits per heavy atom. The summed E-state index contributed by atoms with van der Waals surface area (Å²) in [5.41, 5.74) is 0. The molecule has 1 fully saturated rings. The van der Waals surface area contributed by atoms with Gasteiger partial charge in [-0.3, -0.25) is 9.59 Å². The first-order valence-corrected chi connectivity index (χ1v) is 5.24. The Morgan fingerprint density at radius 2 is 1.86 bits per heavy atom. The lowest BCUT2D eigenvalue weighted by molar-refractivity contribution is -0.154. The topological polar surface area (TPSA) is 43.4 Å². The van der Waals surface area contributed by atoms with Crippen molar-refractivity contribution in [3.63, 3.8) is 0 Å². The Morgan fingerprint density at radius 1 is 1.36 bits per heavy atom. The van der Waals surface area contributed by atoms with Crippen molar-refractivity contribution in [1.29, 1.82) is 0 Å². The summed E-state index contributed by atoms with van der Waals surface area (Å²) in [7, 11) is 0. The van der Waals surface area contributed by atoms with E-state index in [0.29, 0.717) is 19.4 Å². The highest BCUT2D eigenvalue weighted by Crippen LogP contribution is 2.33. The van der Waals surface area contributed by atoms with Crippen molar-refractivity contribution in [2.75, 3.05) is 6.61 Å². The third-order valence-corrected chi connectivity index (χ3v) is 2.88. The van der Waals surface area contributed by atoms with Crippen LogP contribution in [0.3, 0.4) is 0 Å². The second-order valence-electron chi connectivity index (χ2n) is 4.18. The minimum absolute atomic E-state index is 0.0901. The van der Waals surface area contributed by atoms with Gasteiger partial charge in [-0.2, -0.15) is 0 Å². The summed E-state index contributed by atoms with van der Waals surface area (Å²) < 4.78 is 5.01. The summed E-state index contributed by atoms with van der Waals surface area (Å²) in [5.74, 6) is 0.300. The second-order valence-corrected chi connectivity index (χ2v) is 4.18. The first kappa shape index (κ1) is 11.2. The summed E-state index contributed by atoms with van der Waals surface area (Å²) in [6.45, 7) is 6.13. The molecule has 0 heterocycles. The van der Waals surface area contributed by atoms with Crippen LogP contribution >= 0.6 is 0 Å². The largest absolute Gasteiger partial charge is 0.466 e. The molecule has 14 heavy (non-hydrogen) atoms. The summed E-state index contributed by atoms with van der Waals surface area (Å²) in [6.07, 6.45) is 1.04. The number of Topliss-reactive ketones (excluding diaryl/α,β-unsaturated/α-hetero) is 1. The van der Waals surface area contributed by atoms with Crippen molar-refractivity contribution in [2.45, 2.75) is 33.6 Å². The summed E-state index contributed by atoms with van der Waals surface area (Å²) in [6, 6.07) is 0. The Kier molecular flexibility index (Phi) is 3.67. The minimum Gasteiger partial charge on any atom is -0.466 e. The van der Waals surface area contributed by atoms with Gasteiger partial charge >= 0.3 is 5.97 Å². The number of carbonyl (C=O) groups is 2. The highest BCUT2D eigenvalue weighted by Gasteiger charge is 2.37. The van der Waals surface area contributed by atoms with Gasteiger partial charge in [0.25, 0.3) is 0 Å². The predicted molar refractivity (Wildman–Crippen MR) is 52.7 cm³/mol. The molecule has 0 aromatic rings. The van der Waals surface area contributed by atoms with E-state index in [1.165, 1.54) is 0 Å². The van der Waals surface area contributed by atoms with E-state index in [-0.39, 0.29) is 29.5 Å². The van der Waals surface area contributed by atoms with Crippen LogP contribution in [-0.4, -0.2) is 18.4 Å². The first-order valence-electron chi connectivity index (χ1n) is 5.24. The molecule has 0 spiro atoms. The molecule has 3 heteroatoms. The zero-order chi connectivity index (χ0) is 10.7. The van der Waals surface area contributed by atoms with Crippen molar-refractivity contribution < 1.29 is 14.3 Å². The van der Waals surface area contributed by atoms with E-state index < -0.39 is 0 Å². The van der Waals surface area contributed by atoms with Gasteiger partial charge in [0.1, 0.15) is 5.78 Å². The number of ether oxygens (including phenoxy) is 1. The Balaban J connectivity index is 2.66. The number of hydrogen-bond donors (Lipinski definition) is 0. The maximum absolute atomic E-state index is 11.6. The van der Waals surface area contributed by atoms with Crippen molar-refractivity contribution in [3.8, 4) is 0 Å². The van der Waals surface area contributed by atoms with Crippen LogP contribution in [0.5, 0.6) is 0 Å². The third kappa shape index (κ3) is 2.34. The molecule has 0 bridgehead atoms. The number of carbonyl (C=O) groups excluding carboxylic acids is 2. The van der Waals surface area contributed by atoms with E-state index in [1.54, 1.807) is 6.92 Å². The van der Waals surface area contributed by atoms with E-state index in [2.05, 4.69) is 0 Å². The Labute approximate surface area is 84.8 Å². The number of esters is 1. The van der Waals surface area contributed by atoms with Crippen LogP contribution in [-0.2, 0) is 14.3 Å². The van der Waals surface area contributed by atoms with Crippen LogP contribution in [0, 0.1) is 17.8 Å². The van der Waals surface area contributed by atoms with Gasteiger partial charge in [-0.05, 0) is 18.8 Å². The minimum atomic E-state index is -0.139. The molecule has 1 saturated carbocycles. The number of ketones is 1. The van der Waals surface area contributed by atoms with Gasteiger partial charge in [-0.15, -0.1) is 0 Å². The average Bonchev–Trinajstić information content (AvgIpc) is 2.01. The molecule has 3 nitrogen and oxygen atoms in total. The molecular weight excluding hydrogens is 180 g/mol.